The minimum absolute atomic E-state index is 0.0312. The van der Waals surface area contributed by atoms with Crippen LogP contribution in [0, 0.1) is 5.92 Å². The monoisotopic (exact) mass is 236 g/mol. The van der Waals surface area contributed by atoms with Crippen LogP contribution >= 0.6 is 0 Å². The van der Waals surface area contributed by atoms with Crippen molar-refractivity contribution in [3.63, 3.8) is 0 Å². The van der Waals surface area contributed by atoms with Gasteiger partial charge in [0.25, 0.3) is 0 Å². The number of benzene rings is 1. The highest BCUT2D eigenvalue weighted by atomic mass is 16.5. The van der Waals surface area contributed by atoms with E-state index < -0.39 is 0 Å². The molecule has 4 nitrogen and oxygen atoms in total. The fourth-order valence-electron chi connectivity index (χ4n) is 1.83. The van der Waals surface area contributed by atoms with Crippen LogP contribution in [0.5, 0.6) is 5.75 Å². The van der Waals surface area contributed by atoms with E-state index in [1.807, 2.05) is 12.1 Å². The lowest BCUT2D eigenvalue weighted by Crippen LogP contribution is -2.21. The summed E-state index contributed by atoms with van der Waals surface area (Å²) in [6, 6.07) is 7.17. The predicted molar refractivity (Wildman–Crippen MR) is 61.8 cm³/mol. The van der Waals surface area contributed by atoms with Crippen molar-refractivity contribution in [1.29, 1.82) is 0 Å². The largest absolute Gasteiger partial charge is 0.485 e. The topological polar surface area (TPSA) is 55.8 Å². The molecule has 1 aliphatic rings. The lowest BCUT2D eigenvalue weighted by Gasteiger charge is -2.11. The van der Waals surface area contributed by atoms with Gasteiger partial charge in [-0.2, -0.15) is 0 Å². The number of hydrogen-bond donors (Lipinski definition) is 1. The van der Waals surface area contributed by atoms with Gasteiger partial charge < -0.3 is 14.6 Å². The molecule has 0 aromatic heterocycles. The minimum Gasteiger partial charge on any atom is -0.485 e. The highest BCUT2D eigenvalue weighted by Crippen LogP contribution is 2.19. The van der Waals surface area contributed by atoms with Gasteiger partial charge >= 0.3 is 0 Å². The Morgan fingerprint density at radius 2 is 2.29 bits per heavy atom. The molecule has 0 aliphatic carbocycles. The standard InChI is InChI=1S/C13H16O4/c14-7-10-3-1-2-4-13(10)17-9-12(15)11-5-6-16-8-11/h1-4,11,14H,5-9H2. The average Bonchev–Trinajstić information content (AvgIpc) is 2.90. The number of aliphatic hydroxyl groups is 1. The van der Waals surface area contributed by atoms with Crippen LogP contribution in [0.25, 0.3) is 0 Å². The number of carbonyl (C=O) groups excluding carboxylic acids is 1. The van der Waals surface area contributed by atoms with Crippen LogP contribution in [-0.4, -0.2) is 30.7 Å². The third kappa shape index (κ3) is 3.05. The summed E-state index contributed by atoms with van der Waals surface area (Å²) < 4.78 is 10.6. The second-order valence-electron chi connectivity index (χ2n) is 4.08. The Bertz CT molecular complexity index is 383. The van der Waals surface area contributed by atoms with Gasteiger partial charge in [0.2, 0.25) is 0 Å². The van der Waals surface area contributed by atoms with Crippen molar-refractivity contribution < 1.29 is 19.4 Å². The van der Waals surface area contributed by atoms with Crippen LogP contribution < -0.4 is 4.74 Å². The van der Waals surface area contributed by atoms with Crippen molar-refractivity contribution in [1.82, 2.24) is 0 Å². The molecule has 0 amide bonds. The lowest BCUT2D eigenvalue weighted by atomic mass is 10.0. The molecule has 17 heavy (non-hydrogen) atoms. The van der Waals surface area contributed by atoms with E-state index in [-0.39, 0.29) is 24.9 Å². The number of hydrogen-bond acceptors (Lipinski definition) is 4. The van der Waals surface area contributed by atoms with Crippen LogP contribution in [-0.2, 0) is 16.1 Å². The van der Waals surface area contributed by atoms with E-state index >= 15 is 0 Å². The van der Waals surface area contributed by atoms with Gasteiger partial charge in [0, 0.05) is 18.1 Å². The summed E-state index contributed by atoms with van der Waals surface area (Å²) in [5.74, 6) is 0.605. The first-order chi connectivity index (χ1) is 8.31. The van der Waals surface area contributed by atoms with Crippen LogP contribution in [0.15, 0.2) is 24.3 Å². The number of aliphatic hydroxyl groups excluding tert-OH is 1. The smallest absolute Gasteiger partial charge is 0.175 e. The molecular weight excluding hydrogens is 220 g/mol. The third-order valence-electron chi connectivity index (χ3n) is 2.90. The summed E-state index contributed by atoms with van der Waals surface area (Å²) in [5, 5.41) is 9.11. The molecule has 1 unspecified atom stereocenters. The Kier molecular flexibility index (Phi) is 4.12. The molecule has 1 saturated heterocycles. The van der Waals surface area contributed by atoms with Crippen molar-refractivity contribution in [2.24, 2.45) is 5.92 Å². The van der Waals surface area contributed by atoms with E-state index in [4.69, 9.17) is 14.6 Å². The molecule has 1 atom stereocenters. The maximum absolute atomic E-state index is 11.8. The number of ketones is 1. The van der Waals surface area contributed by atoms with Crippen LogP contribution in [0.4, 0.5) is 0 Å². The molecule has 1 aromatic rings. The summed E-state index contributed by atoms with van der Waals surface area (Å²) in [5.41, 5.74) is 0.697. The Morgan fingerprint density at radius 1 is 1.47 bits per heavy atom. The first-order valence-electron chi connectivity index (χ1n) is 5.73. The Labute approximate surface area is 100 Å². The third-order valence-corrected chi connectivity index (χ3v) is 2.90. The van der Waals surface area contributed by atoms with E-state index in [9.17, 15) is 4.79 Å². The number of carbonyl (C=O) groups is 1. The fraction of sp³-hybridized carbons (Fsp3) is 0.462. The van der Waals surface area contributed by atoms with Crippen molar-refractivity contribution in [2.45, 2.75) is 13.0 Å². The number of ether oxygens (including phenoxy) is 2. The van der Waals surface area contributed by atoms with E-state index in [0.717, 1.165) is 6.42 Å². The van der Waals surface area contributed by atoms with Crippen molar-refractivity contribution in [2.75, 3.05) is 19.8 Å². The molecule has 1 heterocycles. The quantitative estimate of drug-likeness (QED) is 0.833. The highest BCUT2D eigenvalue weighted by molar-refractivity contribution is 5.82. The molecule has 2 rings (SSSR count). The van der Waals surface area contributed by atoms with E-state index in [2.05, 4.69) is 0 Å². The molecule has 1 fully saturated rings. The van der Waals surface area contributed by atoms with Crippen molar-refractivity contribution >= 4 is 5.78 Å². The van der Waals surface area contributed by atoms with Crippen LogP contribution in [0.3, 0.4) is 0 Å². The molecule has 0 spiro atoms. The zero-order valence-corrected chi connectivity index (χ0v) is 9.59. The minimum atomic E-state index is -0.0864. The summed E-state index contributed by atoms with van der Waals surface area (Å²) in [4.78, 5) is 11.8. The van der Waals surface area contributed by atoms with E-state index in [1.165, 1.54) is 0 Å². The van der Waals surface area contributed by atoms with Crippen molar-refractivity contribution in [3.05, 3.63) is 29.8 Å². The molecule has 1 aromatic carbocycles. The Hall–Kier alpha value is -1.39. The summed E-state index contributed by atoms with van der Waals surface area (Å²) >= 11 is 0. The average molecular weight is 236 g/mol. The maximum Gasteiger partial charge on any atom is 0.175 e. The molecule has 0 radical (unpaired) electrons. The number of para-hydroxylation sites is 1. The van der Waals surface area contributed by atoms with Gasteiger partial charge in [-0.3, -0.25) is 4.79 Å². The fourth-order valence-corrected chi connectivity index (χ4v) is 1.83. The van der Waals surface area contributed by atoms with E-state index in [0.29, 0.717) is 24.5 Å². The highest BCUT2D eigenvalue weighted by Gasteiger charge is 2.23. The number of rotatable bonds is 5. The lowest BCUT2D eigenvalue weighted by molar-refractivity contribution is -0.124. The SMILES string of the molecule is O=C(COc1ccccc1CO)C1CCOC1. The van der Waals surface area contributed by atoms with Gasteiger partial charge in [-0.1, -0.05) is 18.2 Å². The first kappa shape index (κ1) is 12.1. The van der Waals surface area contributed by atoms with Gasteiger partial charge in [-0.15, -0.1) is 0 Å². The second-order valence-corrected chi connectivity index (χ2v) is 4.08. The predicted octanol–water partition coefficient (Wildman–Crippen LogP) is 1.16. The molecule has 0 bridgehead atoms. The second kappa shape index (κ2) is 5.80. The molecule has 1 aliphatic heterocycles. The normalized spacial score (nSPS) is 19.2. The molecule has 0 saturated carbocycles. The molecular formula is C13H16O4. The van der Waals surface area contributed by atoms with Gasteiger partial charge in [-0.25, -0.2) is 0 Å². The summed E-state index contributed by atoms with van der Waals surface area (Å²) in [7, 11) is 0. The Balaban J connectivity index is 1.90. The molecule has 92 valence electrons. The van der Waals surface area contributed by atoms with Crippen LogP contribution in [0.1, 0.15) is 12.0 Å². The zero-order valence-electron chi connectivity index (χ0n) is 9.59. The van der Waals surface area contributed by atoms with Gasteiger partial charge in [0.05, 0.1) is 13.2 Å². The molecule has 4 heteroatoms. The van der Waals surface area contributed by atoms with Crippen molar-refractivity contribution in [3.8, 4) is 5.75 Å². The van der Waals surface area contributed by atoms with Gasteiger partial charge in [0.1, 0.15) is 12.4 Å². The summed E-state index contributed by atoms with van der Waals surface area (Å²) in [6.07, 6.45) is 0.782. The van der Waals surface area contributed by atoms with Gasteiger partial charge in [-0.05, 0) is 12.5 Å². The Morgan fingerprint density at radius 3 is 3.00 bits per heavy atom. The van der Waals surface area contributed by atoms with Crippen LogP contribution in [0.2, 0.25) is 0 Å². The number of Topliss-reactive ketones (excluding diaryl/α,β-unsaturated/α-hetero) is 1. The molecule has 1 N–H and O–H groups in total. The van der Waals surface area contributed by atoms with Gasteiger partial charge in [0.15, 0.2) is 5.78 Å². The maximum atomic E-state index is 11.8. The first-order valence-corrected chi connectivity index (χ1v) is 5.73. The van der Waals surface area contributed by atoms with E-state index in [1.54, 1.807) is 12.1 Å². The zero-order chi connectivity index (χ0) is 12.1. The summed E-state index contributed by atoms with van der Waals surface area (Å²) in [6.45, 7) is 1.12.